The first-order valence-corrected chi connectivity index (χ1v) is 10.2. The van der Waals surface area contributed by atoms with Crippen LogP contribution in [0.3, 0.4) is 0 Å². The fraction of sp³-hybridized carbons (Fsp3) is 0.318. The number of aromatic amines is 1. The van der Waals surface area contributed by atoms with Crippen molar-refractivity contribution in [1.82, 2.24) is 10.4 Å². The van der Waals surface area contributed by atoms with Gasteiger partial charge in [0.1, 0.15) is 11.4 Å². The third-order valence-electron chi connectivity index (χ3n) is 5.14. The topological polar surface area (TPSA) is 165 Å². The summed E-state index contributed by atoms with van der Waals surface area (Å²) in [7, 11) is 0. The molecule has 0 radical (unpaired) electrons. The van der Waals surface area contributed by atoms with Gasteiger partial charge in [0.15, 0.2) is 0 Å². The fourth-order valence-electron chi connectivity index (χ4n) is 3.39. The molecule has 0 spiro atoms. The summed E-state index contributed by atoms with van der Waals surface area (Å²) in [6.45, 7) is 2.86. The van der Waals surface area contributed by atoms with Crippen molar-refractivity contribution in [2.75, 3.05) is 18.5 Å². The maximum atomic E-state index is 12.5. The highest BCUT2D eigenvalue weighted by Crippen LogP contribution is 2.22. The predicted molar refractivity (Wildman–Crippen MR) is 125 cm³/mol. The van der Waals surface area contributed by atoms with Crippen molar-refractivity contribution in [3.05, 3.63) is 58.0 Å². The number of H-pyrrole nitrogens is 1. The number of nitrogens with one attached hydrogen (secondary N) is 4. The van der Waals surface area contributed by atoms with Crippen molar-refractivity contribution in [1.29, 1.82) is 10.7 Å². The molecule has 0 aliphatic carbocycles. The summed E-state index contributed by atoms with van der Waals surface area (Å²) in [5.74, 6) is -0.158. The van der Waals surface area contributed by atoms with Gasteiger partial charge in [0, 0.05) is 19.0 Å². The van der Waals surface area contributed by atoms with Crippen LogP contribution < -0.4 is 22.0 Å². The van der Waals surface area contributed by atoms with Crippen LogP contribution in [0, 0.1) is 22.7 Å². The molecular formula is C22H26N8O2. The minimum Gasteiger partial charge on any atom is -0.383 e. The van der Waals surface area contributed by atoms with Crippen LogP contribution in [-0.4, -0.2) is 42.5 Å². The third kappa shape index (κ3) is 5.59. The van der Waals surface area contributed by atoms with Crippen LogP contribution in [0.4, 0.5) is 11.4 Å². The van der Waals surface area contributed by atoms with E-state index in [1.54, 1.807) is 18.2 Å². The van der Waals surface area contributed by atoms with Gasteiger partial charge in [-0.1, -0.05) is 12.1 Å². The molecule has 1 aliphatic rings. The number of aliphatic imine (C=N–C) groups is 1. The number of benzene rings is 1. The van der Waals surface area contributed by atoms with Crippen molar-refractivity contribution in [3.8, 4) is 6.07 Å². The van der Waals surface area contributed by atoms with Gasteiger partial charge < -0.3 is 31.6 Å². The number of hydrogen-bond acceptors (Lipinski definition) is 8. The quantitative estimate of drug-likeness (QED) is 0.242. The highest BCUT2D eigenvalue weighted by atomic mass is 16.5. The largest absolute Gasteiger partial charge is 0.383 e. The van der Waals surface area contributed by atoms with Crippen LogP contribution in [0.2, 0.25) is 0 Å². The van der Waals surface area contributed by atoms with Crippen LogP contribution in [0.25, 0.3) is 0 Å². The normalized spacial score (nSPS) is 19.8. The van der Waals surface area contributed by atoms with E-state index in [1.807, 2.05) is 19.1 Å². The molecule has 2 unspecified atom stereocenters. The van der Waals surface area contributed by atoms with Gasteiger partial charge in [0.05, 0.1) is 48.3 Å². The van der Waals surface area contributed by atoms with Crippen LogP contribution in [0.5, 0.6) is 0 Å². The molecule has 1 aromatic carbocycles. The zero-order chi connectivity index (χ0) is 22.9. The van der Waals surface area contributed by atoms with Gasteiger partial charge >= 0.3 is 0 Å². The van der Waals surface area contributed by atoms with Gasteiger partial charge in [0.25, 0.3) is 5.56 Å². The van der Waals surface area contributed by atoms with Crippen LogP contribution in [0.1, 0.15) is 30.5 Å². The lowest BCUT2D eigenvalue weighted by atomic mass is 9.96. The highest BCUT2D eigenvalue weighted by molar-refractivity contribution is 6.14. The van der Waals surface area contributed by atoms with Crippen molar-refractivity contribution < 1.29 is 4.74 Å². The Kier molecular flexibility index (Phi) is 7.72. The number of nitriles is 1. The Hall–Kier alpha value is -3.97. The van der Waals surface area contributed by atoms with Gasteiger partial charge in [-0.2, -0.15) is 10.4 Å². The zero-order valence-electron chi connectivity index (χ0n) is 17.7. The standard InChI is InChI=1S/C22H26N8O2/c1-14(30-27-10-8-23)15-2-4-17(5-3-15)28-21(25)20-18(6-9-26-22(20)31)29-19-13-32-11-7-16(19)12-24/h2-6,8-10,14,16,19,23,30H,7,11,13H2,1H3,(H2,25,28)(H2,26,29,31)/b23-8?,27-10-/t14?,16?,19-/m0/s1. The summed E-state index contributed by atoms with van der Waals surface area (Å²) in [5, 5.41) is 23.5. The Balaban J connectivity index is 1.82. The number of rotatable bonds is 8. The second-order valence-corrected chi connectivity index (χ2v) is 7.33. The lowest BCUT2D eigenvalue weighted by molar-refractivity contribution is 0.0699. The van der Waals surface area contributed by atoms with Crippen molar-refractivity contribution >= 4 is 29.6 Å². The highest BCUT2D eigenvalue weighted by Gasteiger charge is 2.27. The van der Waals surface area contributed by atoms with Gasteiger partial charge in [-0.25, -0.2) is 4.99 Å². The van der Waals surface area contributed by atoms with E-state index in [0.717, 1.165) is 11.8 Å². The average Bonchev–Trinajstić information content (AvgIpc) is 2.80. The Morgan fingerprint density at radius 2 is 2.19 bits per heavy atom. The van der Waals surface area contributed by atoms with Crippen LogP contribution >= 0.6 is 0 Å². The van der Waals surface area contributed by atoms with Gasteiger partial charge in [-0.15, -0.1) is 0 Å². The lowest BCUT2D eigenvalue weighted by Gasteiger charge is -2.29. The molecule has 6 N–H and O–H groups in total. The average molecular weight is 435 g/mol. The number of aromatic nitrogens is 1. The van der Waals surface area contributed by atoms with E-state index in [2.05, 4.69) is 31.9 Å². The van der Waals surface area contributed by atoms with E-state index in [1.165, 1.54) is 12.4 Å². The number of nitrogens with two attached hydrogens (primary N) is 1. The number of ether oxygens (including phenoxy) is 1. The summed E-state index contributed by atoms with van der Waals surface area (Å²) in [6.07, 6.45) is 4.60. The molecule has 0 bridgehead atoms. The summed E-state index contributed by atoms with van der Waals surface area (Å²) in [6, 6.07) is 11.1. The molecule has 0 amide bonds. The Labute approximate surface area is 185 Å². The van der Waals surface area contributed by atoms with Crippen LogP contribution in [0.15, 0.2) is 51.4 Å². The molecular weight excluding hydrogens is 408 g/mol. The second-order valence-electron chi connectivity index (χ2n) is 7.33. The number of pyridine rings is 1. The molecule has 166 valence electrons. The number of amidine groups is 1. The van der Waals surface area contributed by atoms with E-state index >= 15 is 0 Å². The molecule has 1 saturated heterocycles. The molecule has 10 heteroatoms. The monoisotopic (exact) mass is 434 g/mol. The molecule has 1 aromatic heterocycles. The minimum absolute atomic E-state index is 0.0554. The van der Waals surface area contributed by atoms with Gasteiger partial charge in [-0.05, 0) is 37.1 Å². The SMILES string of the molecule is CC(N/N=C\C=N)c1ccc(N=C(N)c2c(N[C@H]3COCCC3C#N)cc[nH]c2=O)cc1. The van der Waals surface area contributed by atoms with Crippen molar-refractivity contribution in [3.63, 3.8) is 0 Å². The van der Waals surface area contributed by atoms with Gasteiger partial charge in [0.2, 0.25) is 0 Å². The Bertz CT molecular complexity index is 1080. The van der Waals surface area contributed by atoms with E-state index in [4.69, 9.17) is 15.9 Å². The number of anilines is 1. The molecule has 1 aliphatic heterocycles. The Morgan fingerprint density at radius 3 is 2.91 bits per heavy atom. The lowest BCUT2D eigenvalue weighted by Crippen LogP contribution is -2.39. The van der Waals surface area contributed by atoms with Gasteiger partial charge in [-0.3, -0.25) is 4.79 Å². The minimum atomic E-state index is -0.375. The summed E-state index contributed by atoms with van der Waals surface area (Å²) >= 11 is 0. The molecule has 2 aromatic rings. The first-order valence-electron chi connectivity index (χ1n) is 10.2. The molecule has 3 atom stereocenters. The summed E-state index contributed by atoms with van der Waals surface area (Å²) < 4.78 is 5.49. The van der Waals surface area contributed by atoms with E-state index < -0.39 is 0 Å². The number of hydrogen-bond donors (Lipinski definition) is 5. The summed E-state index contributed by atoms with van der Waals surface area (Å²) in [5.41, 5.74) is 11.1. The molecule has 32 heavy (non-hydrogen) atoms. The van der Waals surface area contributed by atoms with Crippen LogP contribution in [-0.2, 0) is 4.74 Å². The molecule has 1 fully saturated rings. The summed E-state index contributed by atoms with van der Waals surface area (Å²) in [4.78, 5) is 19.6. The number of nitrogens with zero attached hydrogens (tertiary/aromatic N) is 3. The molecule has 2 heterocycles. The third-order valence-corrected chi connectivity index (χ3v) is 5.14. The molecule has 10 nitrogen and oxygen atoms in total. The number of hydrazone groups is 1. The molecule has 0 saturated carbocycles. The first-order chi connectivity index (χ1) is 15.5. The van der Waals surface area contributed by atoms with E-state index in [0.29, 0.717) is 31.0 Å². The fourth-order valence-corrected chi connectivity index (χ4v) is 3.39. The second kappa shape index (κ2) is 10.9. The zero-order valence-corrected chi connectivity index (χ0v) is 17.7. The van der Waals surface area contributed by atoms with Crippen molar-refractivity contribution in [2.45, 2.75) is 25.4 Å². The molecule has 3 rings (SSSR count). The maximum Gasteiger partial charge on any atom is 0.261 e. The first kappa shape index (κ1) is 22.7. The predicted octanol–water partition coefficient (Wildman–Crippen LogP) is 2.04. The van der Waals surface area contributed by atoms with E-state index in [-0.39, 0.29) is 35.0 Å². The smallest absolute Gasteiger partial charge is 0.261 e. The Morgan fingerprint density at radius 1 is 1.41 bits per heavy atom. The van der Waals surface area contributed by atoms with Crippen molar-refractivity contribution in [2.24, 2.45) is 21.7 Å². The van der Waals surface area contributed by atoms with E-state index in [9.17, 15) is 10.1 Å². The maximum absolute atomic E-state index is 12.5.